The minimum Gasteiger partial charge on any atom is -0.330 e. The molecule has 2 unspecified atom stereocenters. The predicted molar refractivity (Wildman–Crippen MR) is 74.6 cm³/mol. The third-order valence-corrected chi connectivity index (χ3v) is 4.37. The SMILES string of the molecule is NCC1CCCCC1C(=O)Cc1cc(F)ccc1Cl. The van der Waals surface area contributed by atoms with E-state index < -0.39 is 0 Å². The zero-order chi connectivity index (χ0) is 13.8. The van der Waals surface area contributed by atoms with Crippen LogP contribution in [0.5, 0.6) is 0 Å². The van der Waals surface area contributed by atoms with Crippen molar-refractivity contribution in [2.45, 2.75) is 32.1 Å². The van der Waals surface area contributed by atoms with E-state index in [2.05, 4.69) is 0 Å². The first-order chi connectivity index (χ1) is 9.11. The van der Waals surface area contributed by atoms with Gasteiger partial charge >= 0.3 is 0 Å². The van der Waals surface area contributed by atoms with Crippen molar-refractivity contribution in [3.63, 3.8) is 0 Å². The topological polar surface area (TPSA) is 43.1 Å². The van der Waals surface area contributed by atoms with Gasteiger partial charge in [-0.3, -0.25) is 4.79 Å². The van der Waals surface area contributed by atoms with Crippen LogP contribution in [0.2, 0.25) is 5.02 Å². The number of benzene rings is 1. The number of hydrogen-bond donors (Lipinski definition) is 1. The number of ketones is 1. The molecular formula is C15H19ClFNO. The van der Waals surface area contributed by atoms with E-state index in [0.29, 0.717) is 17.1 Å². The summed E-state index contributed by atoms with van der Waals surface area (Å²) in [5.74, 6) is 0.0699. The Balaban J connectivity index is 2.09. The molecule has 19 heavy (non-hydrogen) atoms. The highest BCUT2D eigenvalue weighted by molar-refractivity contribution is 6.31. The van der Waals surface area contributed by atoms with Crippen LogP contribution in [0.25, 0.3) is 0 Å². The van der Waals surface area contributed by atoms with Crippen molar-refractivity contribution in [3.05, 3.63) is 34.6 Å². The van der Waals surface area contributed by atoms with Crippen molar-refractivity contribution in [1.82, 2.24) is 0 Å². The van der Waals surface area contributed by atoms with Gasteiger partial charge in [-0.1, -0.05) is 24.4 Å². The van der Waals surface area contributed by atoms with Gasteiger partial charge in [0.15, 0.2) is 0 Å². The molecule has 0 radical (unpaired) electrons. The van der Waals surface area contributed by atoms with Crippen LogP contribution >= 0.6 is 11.6 Å². The summed E-state index contributed by atoms with van der Waals surface area (Å²) < 4.78 is 13.2. The van der Waals surface area contributed by atoms with Gasteiger partial charge in [-0.2, -0.15) is 0 Å². The number of halogens is 2. The molecule has 1 aromatic carbocycles. The van der Waals surface area contributed by atoms with E-state index in [1.165, 1.54) is 18.2 Å². The quantitative estimate of drug-likeness (QED) is 0.921. The van der Waals surface area contributed by atoms with Crippen LogP contribution in [-0.4, -0.2) is 12.3 Å². The molecule has 1 aliphatic rings. The van der Waals surface area contributed by atoms with Gasteiger partial charge in [-0.25, -0.2) is 4.39 Å². The van der Waals surface area contributed by atoms with E-state index in [0.717, 1.165) is 25.7 Å². The molecule has 104 valence electrons. The van der Waals surface area contributed by atoms with Crippen molar-refractivity contribution in [3.8, 4) is 0 Å². The lowest BCUT2D eigenvalue weighted by Gasteiger charge is -2.29. The smallest absolute Gasteiger partial charge is 0.140 e. The van der Waals surface area contributed by atoms with Gasteiger partial charge in [0.1, 0.15) is 11.6 Å². The Bertz CT molecular complexity index is 463. The summed E-state index contributed by atoms with van der Waals surface area (Å²) in [6.07, 6.45) is 4.34. The first-order valence-electron chi connectivity index (χ1n) is 6.78. The molecule has 2 atom stereocenters. The lowest BCUT2D eigenvalue weighted by Crippen LogP contribution is -2.33. The van der Waals surface area contributed by atoms with Gasteiger partial charge in [-0.15, -0.1) is 0 Å². The number of nitrogens with two attached hydrogens (primary N) is 1. The average molecular weight is 284 g/mol. The maximum Gasteiger partial charge on any atom is 0.140 e. The van der Waals surface area contributed by atoms with Gasteiger partial charge < -0.3 is 5.73 Å². The summed E-state index contributed by atoms with van der Waals surface area (Å²) in [7, 11) is 0. The summed E-state index contributed by atoms with van der Waals surface area (Å²) in [5.41, 5.74) is 6.32. The maximum absolute atomic E-state index is 13.2. The molecule has 0 aliphatic heterocycles. The second-order valence-electron chi connectivity index (χ2n) is 5.27. The van der Waals surface area contributed by atoms with Gasteiger partial charge in [0.05, 0.1) is 0 Å². The Morgan fingerprint density at radius 2 is 2.11 bits per heavy atom. The average Bonchev–Trinajstić information content (AvgIpc) is 2.42. The monoisotopic (exact) mass is 283 g/mol. The fraction of sp³-hybridized carbons (Fsp3) is 0.533. The van der Waals surface area contributed by atoms with E-state index in [4.69, 9.17) is 17.3 Å². The fourth-order valence-electron chi connectivity index (χ4n) is 2.91. The molecule has 0 heterocycles. The Kier molecular flexibility index (Phi) is 4.94. The third-order valence-electron chi connectivity index (χ3n) is 4.00. The lowest BCUT2D eigenvalue weighted by molar-refractivity contribution is -0.124. The van der Waals surface area contributed by atoms with Crippen LogP contribution < -0.4 is 5.73 Å². The van der Waals surface area contributed by atoms with Gasteiger partial charge in [0.2, 0.25) is 0 Å². The van der Waals surface area contributed by atoms with Crippen LogP contribution in [0, 0.1) is 17.7 Å². The molecule has 0 aromatic heterocycles. The van der Waals surface area contributed by atoms with Crippen LogP contribution in [-0.2, 0) is 11.2 Å². The summed E-state index contributed by atoms with van der Waals surface area (Å²) in [4.78, 5) is 12.4. The van der Waals surface area contributed by atoms with Crippen molar-refractivity contribution in [2.24, 2.45) is 17.6 Å². The van der Waals surface area contributed by atoms with Gasteiger partial charge in [0, 0.05) is 17.4 Å². The van der Waals surface area contributed by atoms with Crippen molar-refractivity contribution in [1.29, 1.82) is 0 Å². The highest BCUT2D eigenvalue weighted by Gasteiger charge is 2.29. The largest absolute Gasteiger partial charge is 0.330 e. The van der Waals surface area contributed by atoms with Crippen LogP contribution in [0.4, 0.5) is 4.39 Å². The molecule has 0 bridgehead atoms. The lowest BCUT2D eigenvalue weighted by atomic mass is 9.76. The van der Waals surface area contributed by atoms with Crippen molar-refractivity contribution in [2.75, 3.05) is 6.54 Å². The van der Waals surface area contributed by atoms with Crippen LogP contribution in [0.15, 0.2) is 18.2 Å². The molecule has 1 fully saturated rings. The van der Waals surface area contributed by atoms with E-state index in [1.807, 2.05) is 0 Å². The molecular weight excluding hydrogens is 265 g/mol. The summed E-state index contributed by atoms with van der Waals surface area (Å²) in [5, 5.41) is 0.454. The van der Waals surface area contributed by atoms with E-state index in [1.54, 1.807) is 0 Å². The molecule has 2 N–H and O–H groups in total. The Morgan fingerprint density at radius 3 is 2.84 bits per heavy atom. The molecule has 4 heteroatoms. The van der Waals surface area contributed by atoms with Crippen molar-refractivity contribution < 1.29 is 9.18 Å². The minimum absolute atomic E-state index is 0.0121. The standard InChI is InChI=1S/C15H19ClFNO/c16-14-6-5-12(17)7-11(14)8-15(19)13-4-2-1-3-10(13)9-18/h5-7,10,13H,1-4,8-9,18H2. The Morgan fingerprint density at radius 1 is 1.37 bits per heavy atom. The highest BCUT2D eigenvalue weighted by atomic mass is 35.5. The highest BCUT2D eigenvalue weighted by Crippen LogP contribution is 2.31. The molecule has 1 saturated carbocycles. The summed E-state index contributed by atoms with van der Waals surface area (Å²) in [6.45, 7) is 0.549. The van der Waals surface area contributed by atoms with E-state index >= 15 is 0 Å². The van der Waals surface area contributed by atoms with Gasteiger partial charge in [-0.05, 0) is 49.1 Å². The first-order valence-corrected chi connectivity index (χ1v) is 7.16. The van der Waals surface area contributed by atoms with Crippen LogP contribution in [0.1, 0.15) is 31.2 Å². The van der Waals surface area contributed by atoms with E-state index in [-0.39, 0.29) is 29.9 Å². The van der Waals surface area contributed by atoms with Gasteiger partial charge in [0.25, 0.3) is 0 Å². The number of carbonyl (C=O) groups excluding carboxylic acids is 1. The predicted octanol–water partition coefficient (Wildman–Crippen LogP) is 3.36. The number of hydrogen-bond acceptors (Lipinski definition) is 2. The molecule has 2 rings (SSSR count). The second-order valence-corrected chi connectivity index (χ2v) is 5.67. The zero-order valence-corrected chi connectivity index (χ0v) is 11.6. The number of rotatable bonds is 4. The summed E-state index contributed by atoms with van der Waals surface area (Å²) in [6, 6.07) is 4.15. The summed E-state index contributed by atoms with van der Waals surface area (Å²) >= 11 is 6.01. The Hall–Kier alpha value is -0.930. The van der Waals surface area contributed by atoms with Crippen molar-refractivity contribution >= 4 is 17.4 Å². The molecule has 1 aliphatic carbocycles. The molecule has 1 aromatic rings. The third kappa shape index (κ3) is 3.54. The first kappa shape index (κ1) is 14.5. The van der Waals surface area contributed by atoms with E-state index in [9.17, 15) is 9.18 Å². The zero-order valence-electron chi connectivity index (χ0n) is 10.9. The fourth-order valence-corrected chi connectivity index (χ4v) is 3.10. The maximum atomic E-state index is 13.2. The normalized spacial score (nSPS) is 23.3. The minimum atomic E-state index is -0.355. The number of Topliss-reactive ketones (excluding diaryl/α,β-unsaturated/α-hetero) is 1. The molecule has 0 amide bonds. The molecule has 0 spiro atoms. The van der Waals surface area contributed by atoms with Crippen LogP contribution in [0.3, 0.4) is 0 Å². The second kappa shape index (κ2) is 6.49. The Labute approximate surface area is 118 Å². The number of carbonyl (C=O) groups is 1. The molecule has 0 saturated heterocycles. The molecule has 2 nitrogen and oxygen atoms in total.